The van der Waals surface area contributed by atoms with Crippen LogP contribution in [0.25, 0.3) is 10.9 Å². The minimum absolute atomic E-state index is 0.231. The number of aromatic carboxylic acids is 1. The second kappa shape index (κ2) is 8.32. The standard InChI is InChI=1S/C17H23N3O3S/c1-3-11-8-14-12(16(21)13(10-19-14)17(22)23)9-15(11)24-7-6-20(2)5-4-18/h8-10H,3-7,18H2,1-2H3,(H,19,21)(H,22,23). The van der Waals surface area contributed by atoms with Gasteiger partial charge in [-0.15, -0.1) is 11.8 Å². The maximum Gasteiger partial charge on any atom is 0.341 e. The number of benzene rings is 1. The second-order valence-corrected chi connectivity index (χ2v) is 6.77. The van der Waals surface area contributed by atoms with E-state index in [9.17, 15) is 9.59 Å². The Hall–Kier alpha value is -1.83. The van der Waals surface area contributed by atoms with Gasteiger partial charge in [-0.1, -0.05) is 6.92 Å². The van der Waals surface area contributed by atoms with Crippen LogP contribution < -0.4 is 11.2 Å². The van der Waals surface area contributed by atoms with Crippen LogP contribution in [0.2, 0.25) is 0 Å². The predicted molar refractivity (Wildman–Crippen MR) is 98.2 cm³/mol. The molecule has 6 nitrogen and oxygen atoms in total. The van der Waals surface area contributed by atoms with Crippen molar-refractivity contribution in [3.63, 3.8) is 0 Å². The molecule has 130 valence electrons. The number of hydrogen-bond acceptors (Lipinski definition) is 5. The Kier molecular flexibility index (Phi) is 6.42. The molecule has 2 rings (SSSR count). The number of aromatic nitrogens is 1. The Balaban J connectivity index is 2.32. The van der Waals surface area contributed by atoms with Crippen molar-refractivity contribution in [1.82, 2.24) is 9.88 Å². The van der Waals surface area contributed by atoms with Crippen LogP contribution in [-0.2, 0) is 6.42 Å². The van der Waals surface area contributed by atoms with Gasteiger partial charge in [0.25, 0.3) is 0 Å². The molecule has 2 aromatic rings. The van der Waals surface area contributed by atoms with E-state index in [4.69, 9.17) is 10.8 Å². The molecule has 0 aliphatic heterocycles. The number of nitrogens with two attached hydrogens (primary N) is 1. The maximum absolute atomic E-state index is 12.4. The minimum atomic E-state index is -1.21. The third kappa shape index (κ3) is 4.17. The Labute approximate surface area is 145 Å². The lowest BCUT2D eigenvalue weighted by Crippen LogP contribution is -2.27. The first kappa shape index (κ1) is 18.5. The number of rotatable bonds is 8. The quantitative estimate of drug-likeness (QED) is 0.628. The molecule has 0 bridgehead atoms. The largest absolute Gasteiger partial charge is 0.477 e. The van der Waals surface area contributed by atoms with E-state index in [1.54, 1.807) is 11.8 Å². The normalized spacial score (nSPS) is 11.3. The summed E-state index contributed by atoms with van der Waals surface area (Å²) >= 11 is 1.68. The van der Waals surface area contributed by atoms with Crippen LogP contribution in [0, 0.1) is 0 Å². The van der Waals surface area contributed by atoms with Gasteiger partial charge in [0.2, 0.25) is 5.43 Å². The van der Waals surface area contributed by atoms with Gasteiger partial charge in [0.05, 0.1) is 0 Å². The van der Waals surface area contributed by atoms with Crippen LogP contribution in [-0.4, -0.2) is 53.4 Å². The summed E-state index contributed by atoms with van der Waals surface area (Å²) in [4.78, 5) is 29.6. The molecule has 0 radical (unpaired) electrons. The lowest BCUT2D eigenvalue weighted by molar-refractivity contribution is 0.0695. The number of nitrogens with one attached hydrogen (secondary N) is 1. The highest BCUT2D eigenvalue weighted by atomic mass is 32.2. The molecule has 0 unspecified atom stereocenters. The van der Waals surface area contributed by atoms with Gasteiger partial charge in [-0.05, 0) is 31.2 Å². The fourth-order valence-electron chi connectivity index (χ4n) is 2.51. The van der Waals surface area contributed by atoms with Gasteiger partial charge in [-0.3, -0.25) is 4.79 Å². The average molecular weight is 349 g/mol. The van der Waals surface area contributed by atoms with E-state index in [-0.39, 0.29) is 5.56 Å². The fourth-order valence-corrected chi connectivity index (χ4v) is 3.72. The molecule has 0 aliphatic carbocycles. The van der Waals surface area contributed by atoms with E-state index in [1.807, 2.05) is 19.2 Å². The molecule has 0 amide bonds. The monoisotopic (exact) mass is 349 g/mol. The smallest absolute Gasteiger partial charge is 0.341 e. The molecular formula is C17H23N3O3S. The zero-order valence-corrected chi connectivity index (χ0v) is 14.8. The first-order valence-electron chi connectivity index (χ1n) is 7.91. The molecule has 0 aliphatic rings. The highest BCUT2D eigenvalue weighted by Crippen LogP contribution is 2.27. The van der Waals surface area contributed by atoms with Crippen molar-refractivity contribution in [2.75, 3.05) is 32.4 Å². The molecule has 0 fully saturated rings. The topological polar surface area (TPSA) is 99.4 Å². The van der Waals surface area contributed by atoms with E-state index in [0.29, 0.717) is 17.4 Å². The van der Waals surface area contributed by atoms with Crippen molar-refractivity contribution in [3.8, 4) is 0 Å². The number of carbonyl (C=O) groups is 1. The van der Waals surface area contributed by atoms with E-state index in [1.165, 1.54) is 6.20 Å². The molecule has 0 spiro atoms. The molecule has 4 N–H and O–H groups in total. The summed E-state index contributed by atoms with van der Waals surface area (Å²) in [5.41, 5.74) is 6.68. The predicted octanol–water partition coefficient (Wildman–Crippen LogP) is 1.77. The molecule has 1 heterocycles. The van der Waals surface area contributed by atoms with Gasteiger partial charge >= 0.3 is 5.97 Å². The first-order valence-corrected chi connectivity index (χ1v) is 8.89. The van der Waals surface area contributed by atoms with E-state index in [2.05, 4.69) is 16.8 Å². The number of pyridine rings is 1. The summed E-state index contributed by atoms with van der Waals surface area (Å²) < 4.78 is 0. The van der Waals surface area contributed by atoms with Crippen molar-refractivity contribution < 1.29 is 9.90 Å². The number of nitrogens with zero attached hydrogens (tertiary/aromatic N) is 1. The summed E-state index contributed by atoms with van der Waals surface area (Å²) in [6.07, 6.45) is 2.11. The number of carboxylic acids is 1. The van der Waals surface area contributed by atoms with Gasteiger partial charge in [-0.25, -0.2) is 4.79 Å². The molecule has 0 atom stereocenters. The van der Waals surface area contributed by atoms with E-state index < -0.39 is 11.4 Å². The lowest BCUT2D eigenvalue weighted by atomic mass is 10.1. The number of H-pyrrole nitrogens is 1. The number of thioether (sulfide) groups is 1. The molecule has 0 saturated heterocycles. The molecule has 1 aromatic heterocycles. The Bertz CT molecular complexity index is 788. The number of fused-ring (bicyclic) bond motifs is 1. The maximum atomic E-state index is 12.4. The van der Waals surface area contributed by atoms with Crippen molar-refractivity contribution in [2.45, 2.75) is 18.2 Å². The number of hydrogen-bond donors (Lipinski definition) is 3. The Morgan fingerprint density at radius 3 is 2.75 bits per heavy atom. The molecule has 0 saturated carbocycles. The molecular weight excluding hydrogens is 326 g/mol. The number of carboxylic acid groups (broad SMARTS) is 1. The van der Waals surface area contributed by atoms with Gasteiger partial charge in [0.15, 0.2) is 0 Å². The van der Waals surface area contributed by atoms with E-state index in [0.717, 1.165) is 35.7 Å². The lowest BCUT2D eigenvalue weighted by Gasteiger charge is -2.16. The third-order valence-electron chi connectivity index (χ3n) is 3.91. The van der Waals surface area contributed by atoms with Gasteiger partial charge in [0.1, 0.15) is 5.56 Å². The van der Waals surface area contributed by atoms with Gasteiger partial charge in [-0.2, -0.15) is 0 Å². The van der Waals surface area contributed by atoms with Crippen LogP contribution in [0.15, 0.2) is 28.0 Å². The first-order chi connectivity index (χ1) is 11.5. The highest BCUT2D eigenvalue weighted by molar-refractivity contribution is 7.99. The fraction of sp³-hybridized carbons (Fsp3) is 0.412. The average Bonchev–Trinajstić information content (AvgIpc) is 2.55. The van der Waals surface area contributed by atoms with Crippen molar-refractivity contribution in [2.24, 2.45) is 5.73 Å². The zero-order valence-electron chi connectivity index (χ0n) is 14.0. The second-order valence-electron chi connectivity index (χ2n) is 5.64. The van der Waals surface area contributed by atoms with Crippen LogP contribution in [0.3, 0.4) is 0 Å². The van der Waals surface area contributed by atoms with Crippen molar-refractivity contribution >= 4 is 28.6 Å². The number of aryl methyl sites for hydroxylation is 1. The Morgan fingerprint density at radius 1 is 1.38 bits per heavy atom. The summed E-state index contributed by atoms with van der Waals surface area (Å²) in [5, 5.41) is 9.53. The minimum Gasteiger partial charge on any atom is -0.477 e. The highest BCUT2D eigenvalue weighted by Gasteiger charge is 2.14. The van der Waals surface area contributed by atoms with Crippen molar-refractivity contribution in [1.29, 1.82) is 0 Å². The van der Waals surface area contributed by atoms with Gasteiger partial charge in [0, 0.05) is 47.4 Å². The molecule has 24 heavy (non-hydrogen) atoms. The van der Waals surface area contributed by atoms with Crippen LogP contribution in [0.4, 0.5) is 0 Å². The molecule has 1 aromatic carbocycles. The van der Waals surface area contributed by atoms with Gasteiger partial charge < -0.3 is 20.7 Å². The van der Waals surface area contributed by atoms with Crippen LogP contribution >= 0.6 is 11.8 Å². The molecule has 7 heteroatoms. The van der Waals surface area contributed by atoms with Crippen LogP contribution in [0.1, 0.15) is 22.8 Å². The van der Waals surface area contributed by atoms with E-state index >= 15 is 0 Å². The Morgan fingerprint density at radius 2 is 2.12 bits per heavy atom. The van der Waals surface area contributed by atoms with Crippen molar-refractivity contribution in [3.05, 3.63) is 39.7 Å². The van der Waals surface area contributed by atoms with Crippen LogP contribution in [0.5, 0.6) is 0 Å². The summed E-state index contributed by atoms with van der Waals surface area (Å²) in [7, 11) is 2.03. The SMILES string of the molecule is CCc1cc2[nH]cc(C(=O)O)c(=O)c2cc1SCCN(C)CCN. The zero-order chi connectivity index (χ0) is 17.7. The summed E-state index contributed by atoms with van der Waals surface area (Å²) in [5.74, 6) is -0.332. The third-order valence-corrected chi connectivity index (χ3v) is 4.99. The summed E-state index contributed by atoms with van der Waals surface area (Å²) in [6.45, 7) is 4.44. The number of aromatic amines is 1. The number of likely N-dealkylation sites (N-methyl/N-ethyl adjacent to an activating group) is 1. The summed E-state index contributed by atoms with van der Waals surface area (Å²) in [6, 6.07) is 3.75.